The van der Waals surface area contributed by atoms with E-state index >= 15 is 0 Å². The van der Waals surface area contributed by atoms with Crippen LogP contribution in [0.1, 0.15) is 26.7 Å². The van der Waals surface area contributed by atoms with E-state index in [1.807, 2.05) is 7.05 Å². The van der Waals surface area contributed by atoms with Gasteiger partial charge in [0.05, 0.1) is 0 Å². The lowest BCUT2D eigenvalue weighted by Gasteiger charge is -2.29. The first-order valence-corrected chi connectivity index (χ1v) is 6.01. The highest BCUT2D eigenvalue weighted by Gasteiger charge is 2.36. The lowest BCUT2D eigenvalue weighted by atomic mass is 10.0. The van der Waals surface area contributed by atoms with Crippen molar-refractivity contribution in [2.45, 2.75) is 38.4 Å². The van der Waals surface area contributed by atoms with E-state index in [4.69, 9.17) is 4.74 Å². The SMILES string of the molecule is CC#CC(O)(C#CC)C(=O)OC1CCN(C)CC1. The molecule has 1 aliphatic heterocycles. The molecule has 0 aromatic heterocycles. The van der Waals surface area contributed by atoms with Gasteiger partial charge in [-0.25, -0.2) is 4.79 Å². The molecule has 1 aliphatic rings. The van der Waals surface area contributed by atoms with Crippen LogP contribution in [0.3, 0.4) is 0 Å². The third-order valence-electron chi connectivity index (χ3n) is 2.85. The maximum Gasteiger partial charge on any atom is 0.364 e. The first-order valence-electron chi connectivity index (χ1n) is 6.01. The predicted octanol–water partition coefficient (Wildman–Crippen LogP) is 0.401. The van der Waals surface area contributed by atoms with Gasteiger partial charge in [0.25, 0.3) is 5.60 Å². The summed E-state index contributed by atoms with van der Waals surface area (Å²) < 4.78 is 5.29. The number of carbonyl (C=O) groups excluding carboxylic acids is 1. The number of likely N-dealkylation sites (tertiary alicyclic amines) is 1. The minimum absolute atomic E-state index is 0.155. The third-order valence-corrected chi connectivity index (χ3v) is 2.85. The van der Waals surface area contributed by atoms with Gasteiger partial charge in [-0.1, -0.05) is 0 Å². The topological polar surface area (TPSA) is 49.8 Å². The number of piperidine rings is 1. The summed E-state index contributed by atoms with van der Waals surface area (Å²) >= 11 is 0. The van der Waals surface area contributed by atoms with E-state index in [0.29, 0.717) is 0 Å². The van der Waals surface area contributed by atoms with Gasteiger partial charge >= 0.3 is 5.97 Å². The van der Waals surface area contributed by atoms with Crippen LogP contribution in [0.15, 0.2) is 0 Å². The van der Waals surface area contributed by atoms with Crippen molar-refractivity contribution in [2.24, 2.45) is 0 Å². The van der Waals surface area contributed by atoms with Crippen LogP contribution in [0.2, 0.25) is 0 Å². The smallest absolute Gasteiger partial charge is 0.364 e. The molecular weight excluding hydrogens is 230 g/mol. The Bertz CT molecular complexity index is 394. The van der Waals surface area contributed by atoms with E-state index in [1.165, 1.54) is 0 Å². The summed E-state index contributed by atoms with van der Waals surface area (Å²) in [4.78, 5) is 14.1. The van der Waals surface area contributed by atoms with Gasteiger partial charge in [0.2, 0.25) is 0 Å². The Hall–Kier alpha value is -1.49. The Morgan fingerprint density at radius 2 is 1.78 bits per heavy atom. The second-order valence-electron chi connectivity index (χ2n) is 4.37. The van der Waals surface area contributed by atoms with Crippen LogP contribution in [-0.4, -0.2) is 47.8 Å². The second-order valence-corrected chi connectivity index (χ2v) is 4.37. The zero-order valence-electron chi connectivity index (χ0n) is 11.1. The van der Waals surface area contributed by atoms with Gasteiger partial charge in [-0.05, 0) is 45.6 Å². The van der Waals surface area contributed by atoms with E-state index in [2.05, 4.69) is 28.6 Å². The molecule has 1 saturated heterocycles. The van der Waals surface area contributed by atoms with Gasteiger partial charge in [0.15, 0.2) is 0 Å². The molecule has 1 fully saturated rings. The molecule has 0 aromatic carbocycles. The van der Waals surface area contributed by atoms with Gasteiger partial charge < -0.3 is 14.7 Å². The van der Waals surface area contributed by atoms with Crippen LogP contribution in [0.5, 0.6) is 0 Å². The number of nitrogens with zero attached hydrogens (tertiary/aromatic N) is 1. The van der Waals surface area contributed by atoms with E-state index in [-0.39, 0.29) is 6.10 Å². The van der Waals surface area contributed by atoms with Crippen molar-refractivity contribution in [3.05, 3.63) is 0 Å². The average molecular weight is 249 g/mol. The van der Waals surface area contributed by atoms with Crippen LogP contribution in [0.4, 0.5) is 0 Å². The lowest BCUT2D eigenvalue weighted by Crippen LogP contribution is -2.42. The molecule has 98 valence electrons. The molecule has 4 nitrogen and oxygen atoms in total. The Labute approximate surface area is 108 Å². The Morgan fingerprint density at radius 1 is 1.28 bits per heavy atom. The van der Waals surface area contributed by atoms with Crippen molar-refractivity contribution in [1.82, 2.24) is 4.90 Å². The average Bonchev–Trinajstić information content (AvgIpc) is 2.32. The van der Waals surface area contributed by atoms with Gasteiger partial charge in [-0.3, -0.25) is 0 Å². The summed E-state index contributed by atoms with van der Waals surface area (Å²) in [6.07, 6.45) is 1.40. The molecule has 18 heavy (non-hydrogen) atoms. The number of carbonyl (C=O) groups is 1. The highest BCUT2D eigenvalue weighted by Crippen LogP contribution is 2.15. The molecule has 0 radical (unpaired) electrons. The fourth-order valence-electron chi connectivity index (χ4n) is 1.83. The standard InChI is InChI=1S/C14H19NO3/c1-4-8-14(17,9-5-2)13(16)18-12-6-10-15(3)11-7-12/h12,17H,6-7,10-11H2,1-3H3. The van der Waals surface area contributed by atoms with Crippen molar-refractivity contribution >= 4 is 5.97 Å². The molecule has 0 atom stereocenters. The zero-order valence-corrected chi connectivity index (χ0v) is 11.1. The third kappa shape index (κ3) is 3.77. The van der Waals surface area contributed by atoms with Crippen LogP contribution in [0.25, 0.3) is 0 Å². The normalized spacial score (nSPS) is 17.1. The molecule has 0 amide bonds. The maximum atomic E-state index is 11.9. The number of aliphatic hydroxyl groups is 1. The number of hydrogen-bond donors (Lipinski definition) is 1. The highest BCUT2D eigenvalue weighted by molar-refractivity contribution is 5.87. The van der Waals surface area contributed by atoms with Gasteiger partial charge in [-0.2, -0.15) is 0 Å². The van der Waals surface area contributed by atoms with Crippen molar-refractivity contribution < 1.29 is 14.6 Å². The summed E-state index contributed by atoms with van der Waals surface area (Å²) in [5.74, 6) is 9.06. The monoisotopic (exact) mass is 249 g/mol. The number of ether oxygens (including phenoxy) is 1. The molecular formula is C14H19NO3. The molecule has 0 unspecified atom stereocenters. The van der Waals surface area contributed by atoms with E-state index in [0.717, 1.165) is 25.9 Å². The van der Waals surface area contributed by atoms with Crippen molar-refractivity contribution in [3.63, 3.8) is 0 Å². The molecule has 0 bridgehead atoms. The molecule has 4 heteroatoms. The minimum atomic E-state index is -1.99. The summed E-state index contributed by atoms with van der Waals surface area (Å²) in [6, 6.07) is 0. The van der Waals surface area contributed by atoms with Gasteiger partial charge in [0, 0.05) is 13.1 Å². The Balaban J connectivity index is 2.66. The van der Waals surface area contributed by atoms with Crippen LogP contribution in [-0.2, 0) is 9.53 Å². The van der Waals surface area contributed by atoms with E-state index in [9.17, 15) is 9.90 Å². The molecule has 0 saturated carbocycles. The summed E-state index contributed by atoms with van der Waals surface area (Å²) in [5.41, 5.74) is -1.99. The zero-order chi connectivity index (χ0) is 13.6. The second kappa shape index (κ2) is 6.44. The Kier molecular flexibility index (Phi) is 5.22. The Morgan fingerprint density at radius 3 is 2.22 bits per heavy atom. The molecule has 1 heterocycles. The summed E-state index contributed by atoms with van der Waals surface area (Å²) in [5, 5.41) is 10.0. The molecule has 0 spiro atoms. The van der Waals surface area contributed by atoms with E-state index in [1.54, 1.807) is 13.8 Å². The van der Waals surface area contributed by atoms with E-state index < -0.39 is 11.6 Å². The fourth-order valence-corrected chi connectivity index (χ4v) is 1.83. The predicted molar refractivity (Wildman–Crippen MR) is 68.5 cm³/mol. The largest absolute Gasteiger partial charge is 0.459 e. The minimum Gasteiger partial charge on any atom is -0.459 e. The first-order chi connectivity index (χ1) is 8.51. The van der Waals surface area contributed by atoms with Crippen LogP contribution < -0.4 is 0 Å². The quantitative estimate of drug-likeness (QED) is 0.568. The lowest BCUT2D eigenvalue weighted by molar-refractivity contribution is -0.162. The van der Waals surface area contributed by atoms with Gasteiger partial charge in [-0.15, -0.1) is 11.8 Å². The molecule has 0 aliphatic carbocycles. The molecule has 1 rings (SSSR count). The molecule has 0 aromatic rings. The molecule has 1 N–H and O–H groups in total. The highest BCUT2D eigenvalue weighted by atomic mass is 16.6. The fraction of sp³-hybridized carbons (Fsp3) is 0.643. The van der Waals surface area contributed by atoms with Crippen molar-refractivity contribution in [3.8, 4) is 23.7 Å². The van der Waals surface area contributed by atoms with Crippen molar-refractivity contribution in [2.75, 3.05) is 20.1 Å². The van der Waals surface area contributed by atoms with Crippen LogP contribution >= 0.6 is 0 Å². The number of rotatable bonds is 2. The number of esters is 1. The summed E-state index contributed by atoms with van der Waals surface area (Å²) in [6.45, 7) is 4.86. The van der Waals surface area contributed by atoms with Gasteiger partial charge in [0.1, 0.15) is 6.10 Å². The van der Waals surface area contributed by atoms with Crippen LogP contribution in [0, 0.1) is 23.7 Å². The van der Waals surface area contributed by atoms with Crippen molar-refractivity contribution in [1.29, 1.82) is 0 Å². The maximum absolute atomic E-state index is 11.9. The number of hydrogen-bond acceptors (Lipinski definition) is 4. The summed E-state index contributed by atoms with van der Waals surface area (Å²) in [7, 11) is 2.03. The first kappa shape index (κ1) is 14.6.